The summed E-state index contributed by atoms with van der Waals surface area (Å²) in [6, 6.07) is 0. The van der Waals surface area contributed by atoms with Gasteiger partial charge in [-0.15, -0.1) is 0 Å². The average molecular weight is 241 g/mol. The first-order chi connectivity index (χ1) is 7.93. The molecule has 1 fully saturated rings. The Labute approximate surface area is 103 Å². The normalized spacial score (nSPS) is 17.6. The lowest BCUT2D eigenvalue weighted by Crippen LogP contribution is -2.43. The van der Waals surface area contributed by atoms with Crippen LogP contribution in [0.2, 0.25) is 0 Å². The first-order valence-corrected chi connectivity index (χ1v) is 6.42. The van der Waals surface area contributed by atoms with Crippen LogP contribution in [0.4, 0.5) is 0 Å². The van der Waals surface area contributed by atoms with Gasteiger partial charge in [-0.05, 0) is 30.6 Å². The number of carboxylic acids is 1. The minimum absolute atomic E-state index is 0.0513. The number of carbonyl (C=O) groups excluding carboxylic acids is 1. The topological polar surface area (TPSA) is 66.4 Å². The van der Waals surface area contributed by atoms with Crippen molar-refractivity contribution in [2.24, 2.45) is 11.3 Å². The number of nitrogens with one attached hydrogen (secondary N) is 1. The Hall–Kier alpha value is -1.06. The quantitative estimate of drug-likeness (QED) is 0.718. The van der Waals surface area contributed by atoms with Crippen molar-refractivity contribution in [3.8, 4) is 0 Å². The van der Waals surface area contributed by atoms with Crippen LogP contribution < -0.4 is 5.32 Å². The molecule has 0 bridgehead atoms. The van der Waals surface area contributed by atoms with Gasteiger partial charge in [-0.3, -0.25) is 9.59 Å². The van der Waals surface area contributed by atoms with Gasteiger partial charge in [0.25, 0.3) is 0 Å². The van der Waals surface area contributed by atoms with Crippen molar-refractivity contribution in [3.05, 3.63) is 0 Å². The highest BCUT2D eigenvalue weighted by molar-refractivity contribution is 5.76. The maximum atomic E-state index is 11.6. The van der Waals surface area contributed by atoms with Crippen LogP contribution in [0.1, 0.15) is 52.4 Å². The summed E-state index contributed by atoms with van der Waals surface area (Å²) in [4.78, 5) is 22.3. The molecule has 4 nitrogen and oxygen atoms in total. The Morgan fingerprint density at radius 2 is 2.00 bits per heavy atom. The Morgan fingerprint density at radius 1 is 1.35 bits per heavy atom. The zero-order chi connectivity index (χ0) is 12.9. The van der Waals surface area contributed by atoms with E-state index in [1.165, 1.54) is 0 Å². The summed E-state index contributed by atoms with van der Waals surface area (Å²) in [6.45, 7) is 4.70. The summed E-state index contributed by atoms with van der Waals surface area (Å²) in [6.07, 6.45) is 4.53. The van der Waals surface area contributed by atoms with Crippen molar-refractivity contribution in [3.63, 3.8) is 0 Å². The molecule has 1 aliphatic rings. The lowest BCUT2D eigenvalue weighted by Gasteiger charge is -2.40. The maximum Gasteiger partial charge on any atom is 0.303 e. The van der Waals surface area contributed by atoms with Gasteiger partial charge in [-0.25, -0.2) is 0 Å². The smallest absolute Gasteiger partial charge is 0.303 e. The van der Waals surface area contributed by atoms with Crippen LogP contribution in [0, 0.1) is 11.3 Å². The van der Waals surface area contributed by atoms with Gasteiger partial charge in [0.15, 0.2) is 0 Å². The second-order valence-electron chi connectivity index (χ2n) is 5.63. The molecule has 0 aromatic rings. The number of rotatable bonds is 7. The molecule has 0 aliphatic heterocycles. The van der Waals surface area contributed by atoms with Crippen LogP contribution in [-0.4, -0.2) is 23.5 Å². The van der Waals surface area contributed by atoms with Crippen LogP contribution in [0.25, 0.3) is 0 Å². The predicted molar refractivity (Wildman–Crippen MR) is 65.6 cm³/mol. The van der Waals surface area contributed by atoms with Crippen LogP contribution in [0.5, 0.6) is 0 Å². The van der Waals surface area contributed by atoms with Gasteiger partial charge in [-0.1, -0.05) is 20.3 Å². The van der Waals surface area contributed by atoms with Crippen molar-refractivity contribution in [2.45, 2.75) is 52.4 Å². The van der Waals surface area contributed by atoms with E-state index in [1.54, 1.807) is 0 Å². The molecular formula is C13H23NO3. The maximum absolute atomic E-state index is 11.6. The number of hydrogen-bond acceptors (Lipinski definition) is 2. The highest BCUT2D eigenvalue weighted by atomic mass is 16.4. The molecule has 0 atom stereocenters. The fourth-order valence-corrected chi connectivity index (χ4v) is 2.21. The molecule has 1 rings (SSSR count). The Morgan fingerprint density at radius 3 is 2.41 bits per heavy atom. The second-order valence-corrected chi connectivity index (χ2v) is 5.63. The van der Waals surface area contributed by atoms with Gasteiger partial charge < -0.3 is 10.4 Å². The fraction of sp³-hybridized carbons (Fsp3) is 0.846. The molecule has 0 saturated heterocycles. The molecular weight excluding hydrogens is 218 g/mol. The van der Waals surface area contributed by atoms with Crippen LogP contribution in [0.15, 0.2) is 0 Å². The van der Waals surface area contributed by atoms with E-state index in [0.29, 0.717) is 18.9 Å². The number of carbonyl (C=O) groups is 2. The molecule has 0 spiro atoms. The predicted octanol–water partition coefficient (Wildman–Crippen LogP) is 2.18. The lowest BCUT2D eigenvalue weighted by atomic mass is 9.66. The number of amides is 1. The molecule has 0 radical (unpaired) electrons. The van der Waals surface area contributed by atoms with Crippen LogP contribution in [0.3, 0.4) is 0 Å². The first kappa shape index (κ1) is 14.0. The van der Waals surface area contributed by atoms with Crippen molar-refractivity contribution in [1.29, 1.82) is 0 Å². The Balaban J connectivity index is 2.28. The monoisotopic (exact) mass is 241 g/mol. The van der Waals surface area contributed by atoms with E-state index in [1.807, 2.05) is 0 Å². The largest absolute Gasteiger partial charge is 0.481 e. The minimum Gasteiger partial charge on any atom is -0.481 e. The summed E-state index contributed by atoms with van der Waals surface area (Å²) < 4.78 is 0. The SMILES string of the molecule is CC(C)CCC(=O)NCC1(CC(=O)O)CCC1. The van der Waals surface area contributed by atoms with Gasteiger partial charge in [0.1, 0.15) is 0 Å². The molecule has 1 saturated carbocycles. The first-order valence-electron chi connectivity index (χ1n) is 6.42. The molecule has 1 aliphatic carbocycles. The van der Waals surface area contributed by atoms with Crippen molar-refractivity contribution in [1.82, 2.24) is 5.32 Å². The van der Waals surface area contributed by atoms with Crippen molar-refractivity contribution < 1.29 is 14.7 Å². The molecule has 2 N–H and O–H groups in total. The summed E-state index contributed by atoms with van der Waals surface area (Å²) in [5, 5.41) is 11.7. The van der Waals surface area contributed by atoms with Gasteiger partial charge in [0.05, 0.1) is 6.42 Å². The van der Waals surface area contributed by atoms with Gasteiger partial charge >= 0.3 is 5.97 Å². The van der Waals surface area contributed by atoms with Crippen molar-refractivity contribution in [2.75, 3.05) is 6.54 Å². The second kappa shape index (κ2) is 6.03. The Kier molecular flexibility index (Phi) is 4.97. The average Bonchev–Trinajstić information content (AvgIpc) is 2.18. The van der Waals surface area contributed by atoms with Gasteiger partial charge in [-0.2, -0.15) is 0 Å². The van der Waals surface area contributed by atoms with Crippen LogP contribution >= 0.6 is 0 Å². The van der Waals surface area contributed by atoms with E-state index in [9.17, 15) is 9.59 Å². The Bertz CT molecular complexity index is 282. The third-order valence-electron chi connectivity index (χ3n) is 3.55. The molecule has 17 heavy (non-hydrogen) atoms. The molecule has 1 amide bonds. The van der Waals surface area contributed by atoms with E-state index < -0.39 is 5.97 Å². The molecule has 0 unspecified atom stereocenters. The minimum atomic E-state index is -0.763. The molecule has 98 valence electrons. The third kappa shape index (κ3) is 4.75. The summed E-state index contributed by atoms with van der Waals surface area (Å²) in [7, 11) is 0. The molecule has 0 aromatic heterocycles. The third-order valence-corrected chi connectivity index (χ3v) is 3.55. The van der Waals surface area contributed by atoms with Crippen molar-refractivity contribution >= 4 is 11.9 Å². The van der Waals surface area contributed by atoms with Crippen LogP contribution in [-0.2, 0) is 9.59 Å². The van der Waals surface area contributed by atoms with Gasteiger partial charge in [0.2, 0.25) is 5.91 Å². The fourth-order valence-electron chi connectivity index (χ4n) is 2.21. The standard InChI is InChI=1S/C13H23NO3/c1-10(2)4-5-11(15)14-9-13(6-3-7-13)8-12(16)17/h10H,3-9H2,1-2H3,(H,14,15)(H,16,17). The number of aliphatic carboxylic acids is 1. The van der Waals surface area contributed by atoms with Gasteiger partial charge in [0, 0.05) is 13.0 Å². The number of carboxylic acid groups (broad SMARTS) is 1. The number of hydrogen-bond donors (Lipinski definition) is 2. The molecule has 0 heterocycles. The lowest BCUT2D eigenvalue weighted by molar-refractivity contribution is -0.141. The van der Waals surface area contributed by atoms with E-state index in [-0.39, 0.29) is 17.7 Å². The zero-order valence-corrected chi connectivity index (χ0v) is 10.8. The van der Waals surface area contributed by atoms with E-state index in [4.69, 9.17) is 5.11 Å². The van der Waals surface area contributed by atoms with E-state index in [2.05, 4.69) is 19.2 Å². The summed E-state index contributed by atoms with van der Waals surface area (Å²) in [5.74, 6) is -0.186. The highest BCUT2D eigenvalue weighted by Gasteiger charge is 2.39. The van der Waals surface area contributed by atoms with E-state index in [0.717, 1.165) is 25.7 Å². The van der Waals surface area contributed by atoms with E-state index >= 15 is 0 Å². The highest BCUT2D eigenvalue weighted by Crippen LogP contribution is 2.43. The summed E-state index contributed by atoms with van der Waals surface area (Å²) >= 11 is 0. The molecule has 4 heteroatoms. The molecule has 0 aromatic carbocycles. The summed E-state index contributed by atoms with van der Waals surface area (Å²) in [5.41, 5.74) is -0.167. The zero-order valence-electron chi connectivity index (χ0n) is 10.8.